The molecular weight excluding hydrogens is 216 g/mol. The van der Waals surface area contributed by atoms with Crippen molar-refractivity contribution in [1.82, 2.24) is 15.3 Å². The molecule has 2 heterocycles. The first kappa shape index (κ1) is 12.1. The molecule has 1 aromatic heterocycles. The number of aromatic nitrogens is 2. The SMILES string of the molecule is COc1cncnc1NCCC1CCNCC1. The molecule has 1 aliphatic rings. The van der Waals surface area contributed by atoms with Crippen molar-refractivity contribution >= 4 is 5.82 Å². The average Bonchev–Trinajstić information content (AvgIpc) is 2.40. The van der Waals surface area contributed by atoms with Crippen molar-refractivity contribution in [3.8, 4) is 5.75 Å². The summed E-state index contributed by atoms with van der Waals surface area (Å²) in [4.78, 5) is 8.10. The van der Waals surface area contributed by atoms with E-state index in [0.29, 0.717) is 5.75 Å². The molecule has 0 aromatic carbocycles. The van der Waals surface area contributed by atoms with Crippen LogP contribution < -0.4 is 15.4 Å². The molecule has 0 spiro atoms. The second-order valence-electron chi connectivity index (χ2n) is 4.35. The second-order valence-corrected chi connectivity index (χ2v) is 4.35. The summed E-state index contributed by atoms with van der Waals surface area (Å²) in [6.07, 6.45) is 6.97. The summed E-state index contributed by atoms with van der Waals surface area (Å²) in [6, 6.07) is 0. The Morgan fingerprint density at radius 2 is 2.29 bits per heavy atom. The first-order valence-corrected chi connectivity index (χ1v) is 6.18. The van der Waals surface area contributed by atoms with Crippen LogP contribution in [-0.4, -0.2) is 36.7 Å². The number of hydrogen-bond donors (Lipinski definition) is 2. The van der Waals surface area contributed by atoms with E-state index in [1.807, 2.05) is 0 Å². The molecule has 94 valence electrons. The number of anilines is 1. The zero-order chi connectivity index (χ0) is 11.9. The van der Waals surface area contributed by atoms with Gasteiger partial charge in [-0.1, -0.05) is 0 Å². The van der Waals surface area contributed by atoms with Gasteiger partial charge in [0.05, 0.1) is 13.3 Å². The summed E-state index contributed by atoms with van der Waals surface area (Å²) in [5.74, 6) is 2.32. The highest BCUT2D eigenvalue weighted by molar-refractivity contribution is 5.47. The summed E-state index contributed by atoms with van der Waals surface area (Å²) in [7, 11) is 1.64. The Balaban J connectivity index is 1.77. The van der Waals surface area contributed by atoms with Crippen molar-refractivity contribution in [3.05, 3.63) is 12.5 Å². The van der Waals surface area contributed by atoms with Crippen LogP contribution in [0.4, 0.5) is 5.82 Å². The third-order valence-corrected chi connectivity index (χ3v) is 3.20. The number of nitrogens with one attached hydrogen (secondary N) is 2. The molecule has 0 unspecified atom stereocenters. The van der Waals surface area contributed by atoms with E-state index in [4.69, 9.17) is 4.74 Å². The van der Waals surface area contributed by atoms with E-state index in [2.05, 4.69) is 20.6 Å². The quantitative estimate of drug-likeness (QED) is 0.806. The van der Waals surface area contributed by atoms with Crippen molar-refractivity contribution in [2.75, 3.05) is 32.1 Å². The Kier molecular flexibility index (Phi) is 4.55. The van der Waals surface area contributed by atoms with Gasteiger partial charge in [-0.2, -0.15) is 0 Å². The number of nitrogens with zero attached hydrogens (tertiary/aromatic N) is 2. The van der Waals surface area contributed by atoms with Gasteiger partial charge in [-0.05, 0) is 38.3 Å². The molecule has 5 heteroatoms. The fourth-order valence-electron chi connectivity index (χ4n) is 2.16. The summed E-state index contributed by atoms with van der Waals surface area (Å²) in [5.41, 5.74) is 0. The smallest absolute Gasteiger partial charge is 0.179 e. The van der Waals surface area contributed by atoms with Gasteiger partial charge in [0.1, 0.15) is 6.33 Å². The summed E-state index contributed by atoms with van der Waals surface area (Å²) < 4.78 is 5.19. The Morgan fingerprint density at radius 1 is 1.47 bits per heavy atom. The lowest BCUT2D eigenvalue weighted by Gasteiger charge is -2.22. The lowest BCUT2D eigenvalue weighted by Crippen LogP contribution is -2.28. The van der Waals surface area contributed by atoms with E-state index < -0.39 is 0 Å². The van der Waals surface area contributed by atoms with Crippen LogP contribution in [0.5, 0.6) is 5.75 Å². The summed E-state index contributed by atoms with van der Waals surface area (Å²) >= 11 is 0. The van der Waals surface area contributed by atoms with Crippen LogP contribution in [-0.2, 0) is 0 Å². The van der Waals surface area contributed by atoms with Gasteiger partial charge in [-0.25, -0.2) is 9.97 Å². The Bertz CT molecular complexity index is 339. The highest BCUT2D eigenvalue weighted by Crippen LogP contribution is 2.20. The minimum absolute atomic E-state index is 0.706. The molecule has 2 N–H and O–H groups in total. The Morgan fingerprint density at radius 3 is 3.06 bits per heavy atom. The van der Waals surface area contributed by atoms with Gasteiger partial charge in [0.15, 0.2) is 11.6 Å². The molecule has 5 nitrogen and oxygen atoms in total. The van der Waals surface area contributed by atoms with Gasteiger partial charge in [0.2, 0.25) is 0 Å². The van der Waals surface area contributed by atoms with Crippen LogP contribution in [0.2, 0.25) is 0 Å². The largest absolute Gasteiger partial charge is 0.491 e. The predicted molar refractivity (Wildman–Crippen MR) is 67.3 cm³/mol. The van der Waals surface area contributed by atoms with Crippen molar-refractivity contribution in [2.45, 2.75) is 19.3 Å². The van der Waals surface area contributed by atoms with Gasteiger partial charge in [-0.15, -0.1) is 0 Å². The maximum Gasteiger partial charge on any atom is 0.179 e. The van der Waals surface area contributed by atoms with Crippen LogP contribution in [0.25, 0.3) is 0 Å². The van der Waals surface area contributed by atoms with Crippen LogP contribution in [0, 0.1) is 5.92 Å². The van der Waals surface area contributed by atoms with Crippen molar-refractivity contribution in [1.29, 1.82) is 0 Å². The molecule has 1 fully saturated rings. The zero-order valence-electron chi connectivity index (χ0n) is 10.3. The maximum absolute atomic E-state index is 5.19. The van der Waals surface area contributed by atoms with Crippen molar-refractivity contribution < 1.29 is 4.74 Å². The van der Waals surface area contributed by atoms with Gasteiger partial charge < -0.3 is 15.4 Å². The lowest BCUT2D eigenvalue weighted by molar-refractivity contribution is 0.360. The Labute approximate surface area is 102 Å². The zero-order valence-corrected chi connectivity index (χ0v) is 10.3. The molecule has 0 saturated carbocycles. The minimum Gasteiger partial charge on any atom is -0.491 e. The van der Waals surface area contributed by atoms with Gasteiger partial charge in [-0.3, -0.25) is 0 Å². The van der Waals surface area contributed by atoms with E-state index in [1.165, 1.54) is 25.6 Å². The highest BCUT2D eigenvalue weighted by atomic mass is 16.5. The normalized spacial score (nSPS) is 16.8. The summed E-state index contributed by atoms with van der Waals surface area (Å²) in [6.45, 7) is 3.25. The van der Waals surface area contributed by atoms with Crippen molar-refractivity contribution in [2.24, 2.45) is 5.92 Å². The first-order chi connectivity index (χ1) is 8.40. The molecule has 0 amide bonds. The molecule has 0 bridgehead atoms. The summed E-state index contributed by atoms with van der Waals surface area (Å²) in [5, 5.41) is 6.70. The highest BCUT2D eigenvalue weighted by Gasteiger charge is 2.12. The predicted octanol–water partition coefficient (Wildman–Crippen LogP) is 1.29. The molecule has 1 aliphatic heterocycles. The number of piperidine rings is 1. The number of methoxy groups -OCH3 is 1. The fraction of sp³-hybridized carbons (Fsp3) is 0.667. The first-order valence-electron chi connectivity index (χ1n) is 6.18. The molecule has 2 rings (SSSR count). The standard InChI is InChI=1S/C12H20N4O/c1-17-11-8-14-9-16-12(11)15-7-4-10-2-5-13-6-3-10/h8-10,13H,2-7H2,1H3,(H,14,15,16). The molecule has 0 aliphatic carbocycles. The van der Waals surface area contributed by atoms with Crippen molar-refractivity contribution in [3.63, 3.8) is 0 Å². The molecule has 0 atom stereocenters. The Hall–Kier alpha value is -1.36. The van der Waals surface area contributed by atoms with E-state index >= 15 is 0 Å². The third-order valence-electron chi connectivity index (χ3n) is 3.20. The van der Waals surface area contributed by atoms with Crippen LogP contribution in [0.15, 0.2) is 12.5 Å². The molecular formula is C12H20N4O. The van der Waals surface area contributed by atoms with Gasteiger partial charge in [0, 0.05) is 6.54 Å². The molecule has 1 aromatic rings. The third kappa shape index (κ3) is 3.56. The minimum atomic E-state index is 0.706. The van der Waals surface area contributed by atoms with Crippen LogP contribution >= 0.6 is 0 Å². The molecule has 17 heavy (non-hydrogen) atoms. The van der Waals surface area contributed by atoms with Gasteiger partial charge in [0.25, 0.3) is 0 Å². The molecule has 1 saturated heterocycles. The average molecular weight is 236 g/mol. The number of ether oxygens (including phenoxy) is 1. The number of rotatable bonds is 5. The van der Waals surface area contributed by atoms with E-state index in [0.717, 1.165) is 31.4 Å². The molecule has 0 radical (unpaired) electrons. The topological polar surface area (TPSA) is 59.1 Å². The number of hydrogen-bond acceptors (Lipinski definition) is 5. The van der Waals surface area contributed by atoms with Crippen LogP contribution in [0.3, 0.4) is 0 Å². The maximum atomic E-state index is 5.19. The second kappa shape index (κ2) is 6.39. The monoisotopic (exact) mass is 236 g/mol. The lowest BCUT2D eigenvalue weighted by atomic mass is 9.95. The van der Waals surface area contributed by atoms with Gasteiger partial charge >= 0.3 is 0 Å². The van der Waals surface area contributed by atoms with E-state index in [9.17, 15) is 0 Å². The van der Waals surface area contributed by atoms with E-state index in [-0.39, 0.29) is 0 Å². The van der Waals surface area contributed by atoms with Crippen LogP contribution in [0.1, 0.15) is 19.3 Å². The van der Waals surface area contributed by atoms with E-state index in [1.54, 1.807) is 13.3 Å². The fourth-order valence-corrected chi connectivity index (χ4v) is 2.16.